The van der Waals surface area contributed by atoms with Gasteiger partial charge >= 0.3 is 0 Å². The minimum Gasteiger partial charge on any atom is -0.183 e. The Kier molecular flexibility index (Phi) is 3.20. The summed E-state index contributed by atoms with van der Waals surface area (Å²) in [5.74, 6) is 0.794. The third-order valence-corrected chi connectivity index (χ3v) is 4.57. The van der Waals surface area contributed by atoms with Crippen molar-refractivity contribution in [1.82, 2.24) is 19.8 Å². The van der Waals surface area contributed by atoms with Crippen LogP contribution in [-0.2, 0) is 6.42 Å². The van der Waals surface area contributed by atoms with Crippen LogP contribution < -0.4 is 0 Å². The monoisotopic (exact) mass is 306 g/mol. The molecular weight excluding hydrogens is 292 g/mol. The van der Waals surface area contributed by atoms with Crippen molar-refractivity contribution in [2.45, 2.75) is 13.3 Å². The molecule has 0 fully saturated rings. The third-order valence-electron chi connectivity index (χ3n) is 3.67. The molecule has 0 spiro atoms. The van der Waals surface area contributed by atoms with Crippen LogP contribution in [0.4, 0.5) is 0 Å². The topological polar surface area (TPSA) is 43.1 Å². The van der Waals surface area contributed by atoms with Crippen LogP contribution >= 0.6 is 11.3 Å². The van der Waals surface area contributed by atoms with Gasteiger partial charge in [-0.1, -0.05) is 65.9 Å². The van der Waals surface area contributed by atoms with Gasteiger partial charge in [-0.05, 0) is 18.1 Å². The summed E-state index contributed by atoms with van der Waals surface area (Å²) < 4.78 is 1.84. The first-order valence-corrected chi connectivity index (χ1v) is 7.94. The summed E-state index contributed by atoms with van der Waals surface area (Å²) in [5, 5.41) is 14.2. The van der Waals surface area contributed by atoms with E-state index in [2.05, 4.69) is 41.4 Å². The molecule has 2 aromatic carbocycles. The summed E-state index contributed by atoms with van der Waals surface area (Å²) in [6, 6.07) is 18.4. The molecule has 0 unspecified atom stereocenters. The first-order chi connectivity index (χ1) is 10.8. The van der Waals surface area contributed by atoms with Crippen molar-refractivity contribution in [2.75, 3.05) is 0 Å². The molecule has 2 heterocycles. The molecule has 0 N–H and O–H groups in total. The number of benzene rings is 2. The van der Waals surface area contributed by atoms with Crippen LogP contribution in [0.2, 0.25) is 0 Å². The van der Waals surface area contributed by atoms with Gasteiger partial charge in [0.05, 0.1) is 0 Å². The standard InChI is InChI=1S/C17H14N4S/c1-12-7-5-6-10-14(12)11-15-20-21-16(18-19-17(21)22-15)13-8-3-2-4-9-13/h2-10H,11H2,1H3. The maximum atomic E-state index is 4.70. The van der Waals surface area contributed by atoms with Gasteiger partial charge in [0.2, 0.25) is 4.96 Å². The van der Waals surface area contributed by atoms with Gasteiger partial charge in [-0.25, -0.2) is 0 Å². The van der Waals surface area contributed by atoms with Crippen molar-refractivity contribution in [3.63, 3.8) is 0 Å². The van der Waals surface area contributed by atoms with E-state index in [-0.39, 0.29) is 0 Å². The maximum Gasteiger partial charge on any atom is 0.234 e. The molecule has 0 amide bonds. The Balaban J connectivity index is 1.73. The predicted octanol–water partition coefficient (Wildman–Crippen LogP) is 3.75. The Labute approximate surface area is 132 Å². The fourth-order valence-corrected chi connectivity index (χ4v) is 3.32. The summed E-state index contributed by atoms with van der Waals surface area (Å²) in [7, 11) is 0. The number of aromatic nitrogens is 4. The van der Waals surface area contributed by atoms with Gasteiger partial charge in [0.1, 0.15) is 5.01 Å². The number of fused-ring (bicyclic) bond motifs is 1. The molecule has 4 nitrogen and oxygen atoms in total. The summed E-state index contributed by atoms with van der Waals surface area (Å²) >= 11 is 1.59. The molecule has 22 heavy (non-hydrogen) atoms. The highest BCUT2D eigenvalue weighted by atomic mass is 32.1. The molecule has 0 aliphatic heterocycles. The Morgan fingerprint density at radius 3 is 2.55 bits per heavy atom. The molecule has 0 aliphatic rings. The van der Waals surface area contributed by atoms with Gasteiger partial charge < -0.3 is 0 Å². The zero-order chi connectivity index (χ0) is 14.9. The van der Waals surface area contributed by atoms with Crippen molar-refractivity contribution >= 4 is 16.3 Å². The summed E-state index contributed by atoms with van der Waals surface area (Å²) in [6.45, 7) is 2.13. The second-order valence-corrected chi connectivity index (χ2v) is 6.22. The molecule has 108 valence electrons. The molecule has 0 bridgehead atoms. The Bertz CT molecular complexity index is 924. The second kappa shape index (κ2) is 5.35. The number of nitrogens with zero attached hydrogens (tertiary/aromatic N) is 4. The lowest BCUT2D eigenvalue weighted by Crippen LogP contribution is -1.94. The van der Waals surface area contributed by atoms with Gasteiger partial charge in [0.25, 0.3) is 0 Å². The predicted molar refractivity (Wildman–Crippen MR) is 88.1 cm³/mol. The van der Waals surface area contributed by atoms with Gasteiger partial charge in [-0.2, -0.15) is 9.61 Å². The van der Waals surface area contributed by atoms with Crippen LogP contribution in [0.15, 0.2) is 54.6 Å². The summed E-state index contributed by atoms with van der Waals surface area (Å²) in [4.78, 5) is 0.836. The van der Waals surface area contributed by atoms with Crippen molar-refractivity contribution in [3.8, 4) is 11.4 Å². The van der Waals surface area contributed by atoms with Crippen LogP contribution in [0.1, 0.15) is 16.1 Å². The van der Waals surface area contributed by atoms with E-state index in [1.54, 1.807) is 11.3 Å². The summed E-state index contributed by atoms with van der Waals surface area (Å²) in [5.41, 5.74) is 3.62. The molecular formula is C17H14N4S. The molecule has 0 aliphatic carbocycles. The zero-order valence-electron chi connectivity index (χ0n) is 12.1. The van der Waals surface area contributed by atoms with Crippen molar-refractivity contribution in [1.29, 1.82) is 0 Å². The van der Waals surface area contributed by atoms with Crippen LogP contribution in [0.25, 0.3) is 16.3 Å². The number of rotatable bonds is 3. The average molecular weight is 306 g/mol. The smallest absolute Gasteiger partial charge is 0.183 e. The number of hydrogen-bond donors (Lipinski definition) is 0. The van der Waals surface area contributed by atoms with Gasteiger partial charge in [-0.3, -0.25) is 0 Å². The SMILES string of the molecule is Cc1ccccc1Cc1nn2c(-c3ccccc3)nnc2s1. The lowest BCUT2D eigenvalue weighted by Gasteiger charge is -2.01. The minimum atomic E-state index is 0.794. The first kappa shape index (κ1) is 13.2. The first-order valence-electron chi connectivity index (χ1n) is 7.12. The van der Waals surface area contributed by atoms with Crippen LogP contribution in [0.3, 0.4) is 0 Å². The van der Waals surface area contributed by atoms with E-state index >= 15 is 0 Å². The third kappa shape index (κ3) is 2.29. The van der Waals surface area contributed by atoms with E-state index in [9.17, 15) is 0 Å². The highest BCUT2D eigenvalue weighted by molar-refractivity contribution is 7.16. The molecule has 0 saturated heterocycles. The largest absolute Gasteiger partial charge is 0.234 e. The van der Waals surface area contributed by atoms with Crippen molar-refractivity contribution in [2.24, 2.45) is 0 Å². The van der Waals surface area contributed by atoms with E-state index in [4.69, 9.17) is 5.10 Å². The lowest BCUT2D eigenvalue weighted by atomic mass is 10.1. The average Bonchev–Trinajstić information content (AvgIpc) is 3.10. The van der Waals surface area contributed by atoms with Crippen LogP contribution in [0, 0.1) is 6.92 Å². The van der Waals surface area contributed by atoms with E-state index in [0.717, 1.165) is 27.8 Å². The molecule has 5 heteroatoms. The molecule has 4 aromatic rings. The number of hydrogen-bond acceptors (Lipinski definition) is 4. The molecule has 2 aromatic heterocycles. The molecule has 0 radical (unpaired) electrons. The molecule has 0 atom stereocenters. The van der Waals surface area contributed by atoms with E-state index in [1.165, 1.54) is 11.1 Å². The molecule has 4 rings (SSSR count). The van der Waals surface area contributed by atoms with Crippen molar-refractivity contribution < 1.29 is 0 Å². The normalized spacial score (nSPS) is 11.1. The maximum absolute atomic E-state index is 4.70. The fraction of sp³-hybridized carbons (Fsp3) is 0.118. The minimum absolute atomic E-state index is 0.794. The van der Waals surface area contributed by atoms with Gasteiger partial charge in [-0.15, -0.1) is 10.2 Å². The highest BCUT2D eigenvalue weighted by Gasteiger charge is 2.13. The Hall–Kier alpha value is -2.53. The van der Waals surface area contributed by atoms with Crippen LogP contribution in [0.5, 0.6) is 0 Å². The lowest BCUT2D eigenvalue weighted by molar-refractivity contribution is 0.916. The van der Waals surface area contributed by atoms with Crippen LogP contribution in [-0.4, -0.2) is 19.8 Å². The second-order valence-electron chi connectivity index (χ2n) is 5.18. The Morgan fingerprint density at radius 1 is 0.955 bits per heavy atom. The number of aryl methyl sites for hydroxylation is 1. The van der Waals surface area contributed by atoms with E-state index in [1.807, 2.05) is 34.8 Å². The highest BCUT2D eigenvalue weighted by Crippen LogP contribution is 2.23. The molecule has 0 saturated carbocycles. The zero-order valence-corrected chi connectivity index (χ0v) is 12.9. The summed E-state index contributed by atoms with van der Waals surface area (Å²) in [6.07, 6.45) is 0.828. The van der Waals surface area contributed by atoms with E-state index in [0.29, 0.717) is 0 Å². The quantitative estimate of drug-likeness (QED) is 0.579. The van der Waals surface area contributed by atoms with E-state index < -0.39 is 0 Å². The fourth-order valence-electron chi connectivity index (χ4n) is 2.47. The Morgan fingerprint density at radius 2 is 1.73 bits per heavy atom. The van der Waals surface area contributed by atoms with Gasteiger partial charge in [0.15, 0.2) is 5.82 Å². The van der Waals surface area contributed by atoms with Crippen molar-refractivity contribution in [3.05, 3.63) is 70.7 Å². The van der Waals surface area contributed by atoms with Gasteiger partial charge in [0, 0.05) is 12.0 Å².